The Hall–Kier alpha value is -2.62. The summed E-state index contributed by atoms with van der Waals surface area (Å²) in [5.41, 5.74) is 2.46. The summed E-state index contributed by atoms with van der Waals surface area (Å²) in [6.45, 7) is 1.98. The van der Waals surface area contributed by atoms with Crippen molar-refractivity contribution in [1.29, 1.82) is 0 Å². The van der Waals surface area contributed by atoms with Crippen LogP contribution in [0.25, 0.3) is 0 Å². The first-order valence-corrected chi connectivity index (χ1v) is 10.3. The highest BCUT2D eigenvalue weighted by atomic mass is 35.5. The normalized spacial score (nSPS) is 18.6. The van der Waals surface area contributed by atoms with Gasteiger partial charge in [0.1, 0.15) is 6.10 Å². The van der Waals surface area contributed by atoms with Crippen molar-refractivity contribution >= 4 is 29.2 Å². The number of hydrogen-bond acceptors (Lipinski definition) is 5. The molecular formula is C20H24ClN5O4. The molecule has 1 fully saturated rings. The predicted octanol–water partition coefficient (Wildman–Crippen LogP) is 2.84. The number of fused-ring (bicyclic) bond motifs is 1. The van der Waals surface area contributed by atoms with Gasteiger partial charge in [-0.1, -0.05) is 17.7 Å². The number of carbonyl (C=O) groups is 2. The predicted molar refractivity (Wildman–Crippen MR) is 110 cm³/mol. The summed E-state index contributed by atoms with van der Waals surface area (Å²) in [5.74, 6) is -0.352. The molecule has 160 valence electrons. The van der Waals surface area contributed by atoms with Crippen LogP contribution in [-0.4, -0.2) is 65.0 Å². The number of anilines is 1. The van der Waals surface area contributed by atoms with E-state index in [1.807, 2.05) is 0 Å². The van der Waals surface area contributed by atoms with Crippen LogP contribution >= 0.6 is 11.6 Å². The molecule has 0 aliphatic carbocycles. The van der Waals surface area contributed by atoms with Crippen molar-refractivity contribution in [1.82, 2.24) is 20.2 Å². The molecule has 3 heterocycles. The Bertz CT molecular complexity index is 928. The Labute approximate surface area is 179 Å². The number of H-pyrrole nitrogens is 1. The number of aromatic nitrogens is 2. The number of halogens is 1. The van der Waals surface area contributed by atoms with E-state index in [9.17, 15) is 9.59 Å². The van der Waals surface area contributed by atoms with Crippen LogP contribution < -0.4 is 5.32 Å². The van der Waals surface area contributed by atoms with E-state index in [0.717, 1.165) is 25.1 Å². The maximum absolute atomic E-state index is 12.9. The van der Waals surface area contributed by atoms with Crippen LogP contribution in [-0.2, 0) is 22.5 Å². The number of ether oxygens (including phenoxy) is 1. The zero-order chi connectivity index (χ0) is 21.1. The fraction of sp³-hybridized carbons (Fsp3) is 0.450. The monoisotopic (exact) mass is 433 g/mol. The van der Waals surface area contributed by atoms with Crippen LogP contribution in [0.4, 0.5) is 10.5 Å². The van der Waals surface area contributed by atoms with Gasteiger partial charge in [0.25, 0.3) is 5.91 Å². The lowest BCUT2D eigenvalue weighted by molar-refractivity contribution is -0.179. The fourth-order valence-corrected chi connectivity index (χ4v) is 3.82. The molecule has 2 N–H and O–H groups in total. The van der Waals surface area contributed by atoms with Gasteiger partial charge >= 0.3 is 6.03 Å². The van der Waals surface area contributed by atoms with Gasteiger partial charge in [0.15, 0.2) is 5.69 Å². The molecule has 10 heteroatoms. The Balaban J connectivity index is 1.42. The van der Waals surface area contributed by atoms with Gasteiger partial charge in [-0.25, -0.2) is 9.86 Å². The zero-order valence-corrected chi connectivity index (χ0v) is 17.4. The number of amides is 3. The molecular weight excluding hydrogens is 410 g/mol. The van der Waals surface area contributed by atoms with Crippen molar-refractivity contribution in [3.63, 3.8) is 0 Å². The number of rotatable bonds is 4. The van der Waals surface area contributed by atoms with E-state index in [4.69, 9.17) is 21.2 Å². The molecule has 30 heavy (non-hydrogen) atoms. The highest BCUT2D eigenvalue weighted by Crippen LogP contribution is 2.23. The van der Waals surface area contributed by atoms with E-state index < -0.39 is 0 Å². The number of hydroxylamine groups is 2. The Morgan fingerprint density at radius 2 is 2.30 bits per heavy atom. The van der Waals surface area contributed by atoms with E-state index >= 15 is 0 Å². The van der Waals surface area contributed by atoms with E-state index in [0.29, 0.717) is 35.8 Å². The number of nitrogens with one attached hydrogen (secondary N) is 2. The third-order valence-electron chi connectivity index (χ3n) is 5.21. The van der Waals surface area contributed by atoms with Gasteiger partial charge < -0.3 is 15.0 Å². The molecule has 1 aromatic heterocycles. The minimum atomic E-state index is -0.352. The highest BCUT2D eigenvalue weighted by Gasteiger charge is 2.30. The SMILES string of the molecule is CN(OC1CCCOC1)C(=O)c1n[nH]c2c1CN(C(=O)Nc1cccc(Cl)c1)CC2. The first-order chi connectivity index (χ1) is 14.5. The van der Waals surface area contributed by atoms with Gasteiger partial charge in [-0.15, -0.1) is 0 Å². The van der Waals surface area contributed by atoms with Gasteiger partial charge in [-0.2, -0.15) is 5.10 Å². The Morgan fingerprint density at radius 1 is 1.43 bits per heavy atom. The maximum atomic E-state index is 12.9. The van der Waals surface area contributed by atoms with Crippen molar-refractivity contribution in [2.75, 3.05) is 32.1 Å². The largest absolute Gasteiger partial charge is 0.379 e. The molecule has 1 aromatic carbocycles. The molecule has 2 aliphatic heterocycles. The smallest absolute Gasteiger partial charge is 0.322 e. The summed E-state index contributed by atoms with van der Waals surface area (Å²) in [6.07, 6.45) is 2.18. The van der Waals surface area contributed by atoms with Crippen molar-refractivity contribution in [2.45, 2.75) is 31.9 Å². The van der Waals surface area contributed by atoms with Crippen LogP contribution in [0.5, 0.6) is 0 Å². The Kier molecular flexibility index (Phi) is 6.21. The molecule has 1 saturated heterocycles. The molecule has 2 aliphatic rings. The van der Waals surface area contributed by atoms with Gasteiger partial charge in [-0.3, -0.25) is 14.7 Å². The number of urea groups is 1. The third-order valence-corrected chi connectivity index (χ3v) is 5.45. The van der Waals surface area contributed by atoms with E-state index in [1.165, 1.54) is 5.06 Å². The van der Waals surface area contributed by atoms with E-state index in [-0.39, 0.29) is 30.3 Å². The molecule has 2 aromatic rings. The summed E-state index contributed by atoms with van der Waals surface area (Å²) < 4.78 is 5.40. The van der Waals surface area contributed by atoms with Gasteiger partial charge in [0.05, 0.1) is 13.2 Å². The second kappa shape index (κ2) is 9.03. The number of aromatic amines is 1. The lowest BCUT2D eigenvalue weighted by Gasteiger charge is -2.28. The second-order valence-corrected chi connectivity index (χ2v) is 7.82. The molecule has 0 spiro atoms. The summed E-state index contributed by atoms with van der Waals surface area (Å²) in [7, 11) is 1.57. The van der Waals surface area contributed by atoms with Crippen molar-refractivity contribution in [3.8, 4) is 0 Å². The van der Waals surface area contributed by atoms with Crippen LogP contribution in [0, 0.1) is 0 Å². The summed E-state index contributed by atoms with van der Waals surface area (Å²) >= 11 is 5.98. The standard InChI is InChI=1S/C20H24ClN5O4/c1-25(30-15-6-3-9-29-12-15)19(27)18-16-11-26(8-7-17(16)23-24-18)20(28)22-14-5-2-4-13(21)10-14/h2,4-5,10,15H,3,6-9,11-12H2,1H3,(H,22,28)(H,23,24). The molecule has 0 saturated carbocycles. The van der Waals surface area contributed by atoms with E-state index in [1.54, 1.807) is 36.2 Å². The molecule has 3 amide bonds. The van der Waals surface area contributed by atoms with Crippen molar-refractivity contribution in [2.24, 2.45) is 0 Å². The van der Waals surface area contributed by atoms with Crippen LogP contribution in [0.2, 0.25) is 5.02 Å². The van der Waals surface area contributed by atoms with Crippen LogP contribution in [0.3, 0.4) is 0 Å². The first-order valence-electron chi connectivity index (χ1n) is 9.91. The molecule has 4 rings (SSSR count). The average Bonchev–Trinajstić information content (AvgIpc) is 3.17. The quantitative estimate of drug-likeness (QED) is 0.722. The van der Waals surface area contributed by atoms with Crippen LogP contribution in [0.1, 0.15) is 34.6 Å². The number of hydrogen-bond donors (Lipinski definition) is 2. The Morgan fingerprint density at radius 3 is 3.07 bits per heavy atom. The molecule has 1 atom stereocenters. The minimum absolute atomic E-state index is 0.151. The minimum Gasteiger partial charge on any atom is -0.379 e. The van der Waals surface area contributed by atoms with Crippen LogP contribution in [0.15, 0.2) is 24.3 Å². The number of benzene rings is 1. The summed E-state index contributed by atoms with van der Waals surface area (Å²) in [5, 5.41) is 11.7. The summed E-state index contributed by atoms with van der Waals surface area (Å²) in [6, 6.07) is 6.71. The molecule has 0 bridgehead atoms. The molecule has 1 unspecified atom stereocenters. The topological polar surface area (TPSA) is 99.8 Å². The van der Waals surface area contributed by atoms with Crippen molar-refractivity contribution < 1.29 is 19.2 Å². The summed E-state index contributed by atoms with van der Waals surface area (Å²) in [4.78, 5) is 33.0. The maximum Gasteiger partial charge on any atom is 0.322 e. The third kappa shape index (κ3) is 4.58. The highest BCUT2D eigenvalue weighted by molar-refractivity contribution is 6.30. The van der Waals surface area contributed by atoms with E-state index in [2.05, 4.69) is 15.5 Å². The van der Waals surface area contributed by atoms with Gasteiger partial charge in [-0.05, 0) is 31.0 Å². The number of carbonyl (C=O) groups excluding carboxylic acids is 2. The molecule has 9 nitrogen and oxygen atoms in total. The number of nitrogens with zero attached hydrogens (tertiary/aromatic N) is 3. The lowest BCUT2D eigenvalue weighted by Crippen LogP contribution is -2.40. The molecule has 0 radical (unpaired) electrons. The lowest BCUT2D eigenvalue weighted by atomic mass is 10.1. The first kappa shape index (κ1) is 20.6. The average molecular weight is 434 g/mol. The zero-order valence-electron chi connectivity index (χ0n) is 16.7. The second-order valence-electron chi connectivity index (χ2n) is 7.39. The van der Waals surface area contributed by atoms with Crippen molar-refractivity contribution in [3.05, 3.63) is 46.2 Å². The van der Waals surface area contributed by atoms with Gasteiger partial charge in [0.2, 0.25) is 0 Å². The fourth-order valence-electron chi connectivity index (χ4n) is 3.63. The van der Waals surface area contributed by atoms with Gasteiger partial charge in [0, 0.05) is 48.6 Å².